The molecule has 0 aromatic heterocycles. The average molecular weight is 275 g/mol. The molecular formula is C15H17NO4. The minimum absolute atomic E-state index is 0.109. The SMILES string of the molecule is C[C@@H]1C[C@@H](O)[C@@]2(NC(=O)c3ccccc3)C[C@H]1OC2=O. The lowest BCUT2D eigenvalue weighted by molar-refractivity contribution is -0.147. The number of hydrogen-bond donors (Lipinski definition) is 2. The largest absolute Gasteiger partial charge is 0.460 e. The van der Waals surface area contributed by atoms with Gasteiger partial charge in [-0.05, 0) is 24.5 Å². The number of benzene rings is 1. The van der Waals surface area contributed by atoms with E-state index in [4.69, 9.17) is 4.74 Å². The molecule has 1 aromatic rings. The maximum absolute atomic E-state index is 12.2. The van der Waals surface area contributed by atoms with E-state index in [0.29, 0.717) is 18.4 Å². The van der Waals surface area contributed by atoms with Gasteiger partial charge < -0.3 is 15.2 Å². The Morgan fingerprint density at radius 2 is 2.10 bits per heavy atom. The van der Waals surface area contributed by atoms with Gasteiger partial charge >= 0.3 is 5.97 Å². The van der Waals surface area contributed by atoms with Crippen molar-refractivity contribution in [2.75, 3.05) is 0 Å². The lowest BCUT2D eigenvalue weighted by Gasteiger charge is -2.36. The molecule has 2 aliphatic rings. The van der Waals surface area contributed by atoms with Crippen molar-refractivity contribution < 1.29 is 19.4 Å². The molecular weight excluding hydrogens is 258 g/mol. The fraction of sp³-hybridized carbons (Fsp3) is 0.467. The summed E-state index contributed by atoms with van der Waals surface area (Å²) in [5.74, 6) is -0.779. The second-order valence-corrected chi connectivity index (χ2v) is 5.67. The van der Waals surface area contributed by atoms with Gasteiger partial charge in [0.05, 0.1) is 6.10 Å². The molecule has 5 nitrogen and oxygen atoms in total. The molecule has 1 aromatic carbocycles. The van der Waals surface area contributed by atoms with Crippen molar-refractivity contribution in [3.63, 3.8) is 0 Å². The number of fused-ring (bicyclic) bond motifs is 2. The van der Waals surface area contributed by atoms with E-state index in [9.17, 15) is 14.7 Å². The molecule has 4 atom stereocenters. The average Bonchev–Trinajstić information content (AvgIpc) is 2.74. The number of ether oxygens (including phenoxy) is 1. The van der Waals surface area contributed by atoms with Gasteiger partial charge in [-0.2, -0.15) is 0 Å². The molecule has 3 rings (SSSR count). The van der Waals surface area contributed by atoms with Gasteiger partial charge in [-0.1, -0.05) is 25.1 Å². The molecule has 2 N–H and O–H groups in total. The van der Waals surface area contributed by atoms with Crippen LogP contribution in [0.15, 0.2) is 30.3 Å². The molecule has 1 saturated carbocycles. The second kappa shape index (κ2) is 4.59. The minimum atomic E-state index is -1.29. The molecule has 106 valence electrons. The number of carbonyl (C=O) groups excluding carboxylic acids is 2. The van der Waals surface area contributed by atoms with Gasteiger partial charge in [0, 0.05) is 12.0 Å². The molecule has 1 heterocycles. The number of nitrogens with one attached hydrogen (secondary N) is 1. The van der Waals surface area contributed by atoms with Crippen LogP contribution in [0.1, 0.15) is 30.1 Å². The summed E-state index contributed by atoms with van der Waals surface area (Å²) in [5.41, 5.74) is -0.826. The summed E-state index contributed by atoms with van der Waals surface area (Å²) >= 11 is 0. The Bertz CT molecular complexity index is 544. The number of hydrogen-bond acceptors (Lipinski definition) is 4. The smallest absolute Gasteiger partial charge is 0.335 e. The number of rotatable bonds is 2. The highest BCUT2D eigenvalue weighted by Gasteiger charge is 2.59. The third-order valence-electron chi connectivity index (χ3n) is 4.32. The summed E-state index contributed by atoms with van der Waals surface area (Å²) in [7, 11) is 0. The van der Waals surface area contributed by atoms with E-state index < -0.39 is 17.6 Å². The standard InChI is InChI=1S/C15H17NO4/c1-9-7-12(17)15(8-11(9)20-14(15)19)16-13(18)10-5-3-2-4-6-10/h2-6,9,11-12,17H,7-8H2,1H3,(H,16,18)/t9-,11-,12-,15+/m1/s1. The molecule has 1 aliphatic heterocycles. The van der Waals surface area contributed by atoms with Crippen LogP contribution in [-0.4, -0.2) is 34.7 Å². The zero-order chi connectivity index (χ0) is 14.3. The number of amides is 1. The lowest BCUT2D eigenvalue weighted by Crippen LogP contribution is -2.61. The Balaban J connectivity index is 1.86. The third-order valence-corrected chi connectivity index (χ3v) is 4.32. The Labute approximate surface area is 116 Å². The van der Waals surface area contributed by atoms with Crippen molar-refractivity contribution in [2.24, 2.45) is 5.92 Å². The van der Waals surface area contributed by atoms with Crippen LogP contribution < -0.4 is 5.32 Å². The molecule has 1 aliphatic carbocycles. The highest BCUT2D eigenvalue weighted by Crippen LogP contribution is 2.41. The first-order valence-corrected chi connectivity index (χ1v) is 6.79. The van der Waals surface area contributed by atoms with Crippen molar-refractivity contribution in [1.29, 1.82) is 0 Å². The zero-order valence-electron chi connectivity index (χ0n) is 11.2. The van der Waals surface area contributed by atoms with Gasteiger partial charge in [-0.25, -0.2) is 4.79 Å². The normalized spacial score (nSPS) is 35.5. The second-order valence-electron chi connectivity index (χ2n) is 5.67. The van der Waals surface area contributed by atoms with E-state index in [1.807, 2.05) is 13.0 Å². The maximum Gasteiger partial charge on any atom is 0.335 e. The molecule has 2 bridgehead atoms. The minimum Gasteiger partial charge on any atom is -0.460 e. The first kappa shape index (κ1) is 13.1. The van der Waals surface area contributed by atoms with E-state index in [1.165, 1.54) is 0 Å². The van der Waals surface area contributed by atoms with Gasteiger partial charge in [0.15, 0.2) is 5.54 Å². The molecule has 5 heteroatoms. The molecule has 0 spiro atoms. The van der Waals surface area contributed by atoms with Gasteiger partial charge in [0.1, 0.15) is 6.10 Å². The summed E-state index contributed by atoms with van der Waals surface area (Å²) in [4.78, 5) is 24.3. The van der Waals surface area contributed by atoms with E-state index in [2.05, 4.69) is 5.32 Å². The lowest BCUT2D eigenvalue weighted by atomic mass is 9.75. The van der Waals surface area contributed by atoms with Crippen LogP contribution >= 0.6 is 0 Å². The summed E-state index contributed by atoms with van der Waals surface area (Å²) in [6.07, 6.45) is -0.337. The van der Waals surface area contributed by atoms with E-state index >= 15 is 0 Å². The molecule has 0 radical (unpaired) electrons. The summed E-state index contributed by atoms with van der Waals surface area (Å²) in [5, 5.41) is 13.0. The van der Waals surface area contributed by atoms with E-state index in [1.54, 1.807) is 24.3 Å². The highest BCUT2D eigenvalue weighted by atomic mass is 16.6. The van der Waals surface area contributed by atoms with Crippen molar-refractivity contribution in [1.82, 2.24) is 5.32 Å². The van der Waals surface area contributed by atoms with Gasteiger partial charge in [-0.3, -0.25) is 4.79 Å². The molecule has 20 heavy (non-hydrogen) atoms. The van der Waals surface area contributed by atoms with Crippen LogP contribution in [0, 0.1) is 5.92 Å². The highest BCUT2D eigenvalue weighted by molar-refractivity contribution is 5.99. The van der Waals surface area contributed by atoms with Crippen molar-refractivity contribution >= 4 is 11.9 Å². The quantitative estimate of drug-likeness (QED) is 0.785. The fourth-order valence-corrected chi connectivity index (χ4v) is 3.03. The van der Waals surface area contributed by atoms with Crippen LogP contribution in [-0.2, 0) is 9.53 Å². The molecule has 0 unspecified atom stereocenters. The van der Waals surface area contributed by atoms with Crippen LogP contribution in [0.2, 0.25) is 0 Å². The predicted molar refractivity (Wildman–Crippen MR) is 70.9 cm³/mol. The van der Waals surface area contributed by atoms with Gasteiger partial charge in [0.2, 0.25) is 0 Å². The van der Waals surface area contributed by atoms with Crippen molar-refractivity contribution in [3.8, 4) is 0 Å². The molecule has 1 saturated heterocycles. The van der Waals surface area contributed by atoms with Gasteiger partial charge in [-0.15, -0.1) is 0 Å². The number of aliphatic hydroxyl groups is 1. The summed E-state index contributed by atoms with van der Waals surface area (Å²) in [6, 6.07) is 8.65. The van der Waals surface area contributed by atoms with Gasteiger partial charge in [0.25, 0.3) is 5.91 Å². The van der Waals surface area contributed by atoms with Crippen LogP contribution in [0.5, 0.6) is 0 Å². The number of carbonyl (C=O) groups is 2. The third kappa shape index (κ3) is 1.89. The first-order chi connectivity index (χ1) is 9.53. The Morgan fingerprint density at radius 3 is 2.80 bits per heavy atom. The Kier molecular flexibility index (Phi) is 3.01. The summed E-state index contributed by atoms with van der Waals surface area (Å²) < 4.78 is 5.29. The monoisotopic (exact) mass is 275 g/mol. The van der Waals surface area contributed by atoms with Crippen molar-refractivity contribution in [3.05, 3.63) is 35.9 Å². The molecule has 2 fully saturated rings. The Hall–Kier alpha value is -1.88. The number of esters is 1. The van der Waals surface area contributed by atoms with E-state index in [0.717, 1.165) is 0 Å². The molecule has 1 amide bonds. The van der Waals surface area contributed by atoms with Crippen LogP contribution in [0.3, 0.4) is 0 Å². The van der Waals surface area contributed by atoms with Crippen LogP contribution in [0.25, 0.3) is 0 Å². The summed E-state index contributed by atoms with van der Waals surface area (Å²) in [6.45, 7) is 1.94. The first-order valence-electron chi connectivity index (χ1n) is 6.79. The zero-order valence-corrected chi connectivity index (χ0v) is 11.2. The topological polar surface area (TPSA) is 75.6 Å². The predicted octanol–water partition coefficient (Wildman–Crippen LogP) is 0.871. The van der Waals surface area contributed by atoms with Crippen molar-refractivity contribution in [2.45, 2.75) is 37.5 Å². The Morgan fingerprint density at radius 1 is 1.40 bits per heavy atom. The van der Waals surface area contributed by atoms with E-state index in [-0.39, 0.29) is 17.9 Å². The number of aliphatic hydroxyl groups excluding tert-OH is 1. The fourth-order valence-electron chi connectivity index (χ4n) is 3.03. The van der Waals surface area contributed by atoms with Crippen LogP contribution in [0.4, 0.5) is 0 Å². The maximum atomic E-state index is 12.2.